The summed E-state index contributed by atoms with van der Waals surface area (Å²) in [6.07, 6.45) is 4.23. The van der Waals surface area contributed by atoms with Gasteiger partial charge in [0.2, 0.25) is 0 Å². The molecule has 2 aromatic rings. The molecule has 0 amide bonds. The van der Waals surface area contributed by atoms with Gasteiger partial charge in [-0.3, -0.25) is 0 Å². The number of benzene rings is 2. The summed E-state index contributed by atoms with van der Waals surface area (Å²) in [5.41, 5.74) is 2.33. The van der Waals surface area contributed by atoms with Crippen LogP contribution in [0.25, 0.3) is 6.08 Å². The first-order chi connectivity index (χ1) is 8.74. The van der Waals surface area contributed by atoms with Crippen molar-refractivity contribution < 1.29 is 0 Å². The number of halogens is 2. The van der Waals surface area contributed by atoms with E-state index in [4.69, 9.17) is 0 Å². The van der Waals surface area contributed by atoms with E-state index < -0.39 is 0 Å². The zero-order chi connectivity index (χ0) is 12.8. The molecule has 2 aromatic carbocycles. The molecule has 0 atom stereocenters. The minimum atomic E-state index is 0.817. The lowest BCUT2D eigenvalue weighted by Crippen LogP contribution is -1.97. The van der Waals surface area contributed by atoms with Crippen LogP contribution in [-0.4, -0.2) is 6.54 Å². The van der Waals surface area contributed by atoms with Crippen LogP contribution in [0.2, 0.25) is 0 Å². The van der Waals surface area contributed by atoms with Gasteiger partial charge in [0.15, 0.2) is 0 Å². The van der Waals surface area contributed by atoms with Crippen LogP contribution >= 0.6 is 31.9 Å². The Labute approximate surface area is 124 Å². The second-order valence-corrected chi connectivity index (χ2v) is 5.67. The molecule has 92 valence electrons. The molecule has 0 aliphatic rings. The maximum Gasteiger partial charge on any atom is 0.0343 e. The van der Waals surface area contributed by atoms with Crippen molar-refractivity contribution in [2.24, 2.45) is 0 Å². The second kappa shape index (κ2) is 6.76. The SMILES string of the molecule is Brc1ccc(/C=C/CNc2ccc(Br)cc2)cc1. The molecule has 0 fully saturated rings. The third kappa shape index (κ3) is 4.31. The van der Waals surface area contributed by atoms with Crippen LogP contribution in [0.5, 0.6) is 0 Å². The minimum absolute atomic E-state index is 0.817. The third-order valence-corrected chi connectivity index (χ3v) is 3.51. The molecule has 0 spiro atoms. The van der Waals surface area contributed by atoms with Gasteiger partial charge in [0.1, 0.15) is 0 Å². The fraction of sp³-hybridized carbons (Fsp3) is 0.0667. The maximum atomic E-state index is 3.42. The fourth-order valence-electron chi connectivity index (χ4n) is 1.51. The van der Waals surface area contributed by atoms with E-state index in [9.17, 15) is 0 Å². The summed E-state index contributed by atoms with van der Waals surface area (Å²) in [6.45, 7) is 0.817. The lowest BCUT2D eigenvalue weighted by molar-refractivity contribution is 1.34. The van der Waals surface area contributed by atoms with Crippen LogP contribution in [-0.2, 0) is 0 Å². The summed E-state index contributed by atoms with van der Waals surface area (Å²) < 4.78 is 2.20. The lowest BCUT2D eigenvalue weighted by Gasteiger charge is -2.02. The molecule has 0 saturated heterocycles. The fourth-order valence-corrected chi connectivity index (χ4v) is 2.04. The van der Waals surface area contributed by atoms with Gasteiger partial charge in [-0.05, 0) is 42.0 Å². The van der Waals surface area contributed by atoms with Crippen molar-refractivity contribution in [3.8, 4) is 0 Å². The molecule has 1 N–H and O–H groups in total. The summed E-state index contributed by atoms with van der Waals surface area (Å²) >= 11 is 6.84. The minimum Gasteiger partial charge on any atom is -0.382 e. The summed E-state index contributed by atoms with van der Waals surface area (Å²) in [4.78, 5) is 0. The molecular formula is C15H13Br2N. The normalized spacial score (nSPS) is 10.8. The number of hydrogen-bond acceptors (Lipinski definition) is 1. The highest BCUT2D eigenvalue weighted by Crippen LogP contribution is 2.14. The Morgan fingerprint density at radius 2 is 1.39 bits per heavy atom. The Morgan fingerprint density at radius 3 is 2.00 bits per heavy atom. The molecule has 0 bridgehead atoms. The average Bonchev–Trinajstić information content (AvgIpc) is 2.39. The number of hydrogen-bond donors (Lipinski definition) is 1. The molecule has 2 rings (SSSR count). The van der Waals surface area contributed by atoms with Gasteiger partial charge in [-0.2, -0.15) is 0 Å². The molecule has 3 heteroatoms. The van der Waals surface area contributed by atoms with Gasteiger partial charge in [0, 0.05) is 21.2 Å². The Morgan fingerprint density at radius 1 is 0.833 bits per heavy atom. The molecule has 18 heavy (non-hydrogen) atoms. The molecule has 0 unspecified atom stereocenters. The lowest BCUT2D eigenvalue weighted by atomic mass is 10.2. The number of nitrogens with one attached hydrogen (secondary N) is 1. The monoisotopic (exact) mass is 365 g/mol. The van der Waals surface area contributed by atoms with Crippen molar-refractivity contribution in [2.75, 3.05) is 11.9 Å². The van der Waals surface area contributed by atoms with E-state index >= 15 is 0 Å². The van der Waals surface area contributed by atoms with Crippen molar-refractivity contribution in [2.45, 2.75) is 0 Å². The van der Waals surface area contributed by atoms with E-state index in [-0.39, 0.29) is 0 Å². The zero-order valence-corrected chi connectivity index (χ0v) is 12.9. The predicted octanol–water partition coefficient (Wildman–Crippen LogP) is 5.34. The summed E-state index contributed by atoms with van der Waals surface area (Å²) in [7, 11) is 0. The molecular weight excluding hydrogens is 354 g/mol. The van der Waals surface area contributed by atoms with Crippen LogP contribution in [0.1, 0.15) is 5.56 Å². The Kier molecular flexibility index (Phi) is 5.02. The highest BCUT2D eigenvalue weighted by molar-refractivity contribution is 9.10. The van der Waals surface area contributed by atoms with Crippen LogP contribution in [0.3, 0.4) is 0 Å². The standard InChI is InChI=1S/C15H13Br2N/c16-13-5-3-12(4-6-13)2-1-11-18-15-9-7-14(17)8-10-15/h1-10,18H,11H2/b2-1+. The summed E-state index contributed by atoms with van der Waals surface area (Å²) in [5, 5.41) is 3.34. The van der Waals surface area contributed by atoms with Crippen LogP contribution in [0.4, 0.5) is 5.69 Å². The van der Waals surface area contributed by atoms with Crippen molar-refractivity contribution in [1.29, 1.82) is 0 Å². The first kappa shape index (κ1) is 13.4. The van der Waals surface area contributed by atoms with Gasteiger partial charge in [0.25, 0.3) is 0 Å². The molecule has 0 aliphatic heterocycles. The number of rotatable bonds is 4. The molecule has 0 heterocycles. The third-order valence-electron chi connectivity index (χ3n) is 2.45. The first-order valence-electron chi connectivity index (χ1n) is 5.65. The Balaban J connectivity index is 1.84. The Bertz CT molecular complexity index is 515. The van der Waals surface area contributed by atoms with Crippen molar-refractivity contribution in [1.82, 2.24) is 0 Å². The maximum absolute atomic E-state index is 3.42. The van der Waals surface area contributed by atoms with Crippen LogP contribution in [0, 0.1) is 0 Å². The topological polar surface area (TPSA) is 12.0 Å². The molecule has 1 nitrogen and oxygen atoms in total. The predicted molar refractivity (Wildman–Crippen MR) is 85.8 cm³/mol. The summed E-state index contributed by atoms with van der Waals surface area (Å²) in [6, 6.07) is 16.4. The van der Waals surface area contributed by atoms with Gasteiger partial charge in [-0.1, -0.05) is 56.1 Å². The highest BCUT2D eigenvalue weighted by Gasteiger charge is 1.90. The van der Waals surface area contributed by atoms with Crippen LogP contribution < -0.4 is 5.32 Å². The van der Waals surface area contributed by atoms with Crippen molar-refractivity contribution in [3.63, 3.8) is 0 Å². The van der Waals surface area contributed by atoms with E-state index in [0.717, 1.165) is 21.2 Å². The highest BCUT2D eigenvalue weighted by atomic mass is 79.9. The van der Waals surface area contributed by atoms with Gasteiger partial charge < -0.3 is 5.32 Å². The molecule has 0 saturated carbocycles. The second-order valence-electron chi connectivity index (χ2n) is 3.84. The first-order valence-corrected chi connectivity index (χ1v) is 7.24. The largest absolute Gasteiger partial charge is 0.382 e. The van der Waals surface area contributed by atoms with E-state index in [2.05, 4.69) is 73.6 Å². The van der Waals surface area contributed by atoms with Gasteiger partial charge in [0.05, 0.1) is 0 Å². The van der Waals surface area contributed by atoms with E-state index in [1.807, 2.05) is 24.3 Å². The van der Waals surface area contributed by atoms with E-state index in [0.29, 0.717) is 0 Å². The molecule has 0 aromatic heterocycles. The van der Waals surface area contributed by atoms with Crippen LogP contribution in [0.15, 0.2) is 63.6 Å². The molecule has 0 aliphatic carbocycles. The van der Waals surface area contributed by atoms with Gasteiger partial charge >= 0.3 is 0 Å². The zero-order valence-electron chi connectivity index (χ0n) is 9.74. The van der Waals surface area contributed by atoms with Gasteiger partial charge in [-0.15, -0.1) is 0 Å². The molecule has 0 radical (unpaired) electrons. The average molecular weight is 367 g/mol. The van der Waals surface area contributed by atoms with Crippen molar-refractivity contribution >= 4 is 43.6 Å². The van der Waals surface area contributed by atoms with Gasteiger partial charge in [-0.25, -0.2) is 0 Å². The van der Waals surface area contributed by atoms with Crippen molar-refractivity contribution in [3.05, 3.63) is 69.1 Å². The Hall–Kier alpha value is -1.06. The smallest absolute Gasteiger partial charge is 0.0343 e. The quantitative estimate of drug-likeness (QED) is 0.770. The summed E-state index contributed by atoms with van der Waals surface area (Å²) in [5.74, 6) is 0. The van der Waals surface area contributed by atoms with E-state index in [1.54, 1.807) is 0 Å². The number of anilines is 1. The van der Waals surface area contributed by atoms with E-state index in [1.165, 1.54) is 5.56 Å².